The molecule has 0 radical (unpaired) electrons. The fourth-order valence-electron chi connectivity index (χ4n) is 4.55. The number of hydrogen-bond acceptors (Lipinski definition) is 5. The van der Waals surface area contributed by atoms with Crippen molar-refractivity contribution in [2.24, 2.45) is 4.99 Å². The van der Waals surface area contributed by atoms with E-state index < -0.39 is 0 Å². The topological polar surface area (TPSA) is 68.2 Å². The molecule has 0 bridgehead atoms. The van der Waals surface area contributed by atoms with Crippen LogP contribution in [0.15, 0.2) is 23.3 Å². The summed E-state index contributed by atoms with van der Waals surface area (Å²) in [6.07, 6.45) is 10.8. The first-order valence-corrected chi connectivity index (χ1v) is 11.7. The minimum absolute atomic E-state index is 0. The number of hydrogen-bond donors (Lipinski definition) is 1. The van der Waals surface area contributed by atoms with Crippen molar-refractivity contribution in [3.63, 3.8) is 0 Å². The van der Waals surface area contributed by atoms with E-state index in [-0.39, 0.29) is 36.2 Å². The van der Waals surface area contributed by atoms with E-state index >= 15 is 0 Å². The number of aromatic nitrogens is 1. The second kappa shape index (κ2) is 12.8. The fourth-order valence-corrected chi connectivity index (χ4v) is 4.55. The standard InChI is InChI=1S/C23H36N4O3.HI/c1-2-24-23(27-12-14-29-21(17-27)20-9-6-13-28-20)26-16-18-10-11-25-22(15-18)30-19-7-4-3-5-8-19;/h10-11,15,19-21H,2-9,12-14,16-17H2,1H3,(H,24,26);1H. The van der Waals surface area contributed by atoms with Gasteiger partial charge in [0.1, 0.15) is 12.2 Å². The monoisotopic (exact) mass is 544 g/mol. The molecule has 2 unspecified atom stereocenters. The number of morpholine rings is 1. The molecule has 1 aromatic heterocycles. The number of aliphatic imine (C=N–C) groups is 1. The molecule has 1 aromatic rings. The molecule has 4 rings (SSSR count). The molecule has 174 valence electrons. The van der Waals surface area contributed by atoms with Crippen LogP contribution in [0, 0.1) is 0 Å². The summed E-state index contributed by atoms with van der Waals surface area (Å²) in [4.78, 5) is 11.6. The lowest BCUT2D eigenvalue weighted by Crippen LogP contribution is -2.53. The highest BCUT2D eigenvalue weighted by molar-refractivity contribution is 14.0. The normalized spacial score (nSPS) is 25.2. The summed E-state index contributed by atoms with van der Waals surface area (Å²) in [7, 11) is 0. The first kappa shape index (κ1) is 24.5. The van der Waals surface area contributed by atoms with Crippen LogP contribution in [0.4, 0.5) is 0 Å². The number of nitrogens with one attached hydrogen (secondary N) is 1. The molecule has 0 spiro atoms. The van der Waals surface area contributed by atoms with Gasteiger partial charge in [0.2, 0.25) is 5.88 Å². The highest BCUT2D eigenvalue weighted by Gasteiger charge is 2.32. The molecule has 2 saturated heterocycles. The van der Waals surface area contributed by atoms with Crippen LogP contribution in [0.1, 0.15) is 57.4 Å². The van der Waals surface area contributed by atoms with Gasteiger partial charge in [-0.2, -0.15) is 0 Å². The van der Waals surface area contributed by atoms with Crippen molar-refractivity contribution >= 4 is 29.9 Å². The van der Waals surface area contributed by atoms with E-state index in [0.29, 0.717) is 19.3 Å². The van der Waals surface area contributed by atoms with Gasteiger partial charge in [-0.05, 0) is 57.1 Å². The third kappa shape index (κ3) is 7.18. The molecule has 8 heteroatoms. The number of nitrogens with zero attached hydrogens (tertiary/aromatic N) is 3. The van der Waals surface area contributed by atoms with Crippen LogP contribution in [0.25, 0.3) is 0 Å². The van der Waals surface area contributed by atoms with Crippen LogP contribution in [0.2, 0.25) is 0 Å². The van der Waals surface area contributed by atoms with Crippen molar-refractivity contribution in [2.45, 2.75) is 76.7 Å². The zero-order valence-electron chi connectivity index (χ0n) is 18.6. The number of halogens is 1. The lowest BCUT2D eigenvalue weighted by atomic mass is 9.98. The van der Waals surface area contributed by atoms with E-state index in [1.165, 1.54) is 19.3 Å². The van der Waals surface area contributed by atoms with E-state index in [9.17, 15) is 0 Å². The summed E-state index contributed by atoms with van der Waals surface area (Å²) in [5, 5.41) is 3.45. The predicted molar refractivity (Wildman–Crippen MR) is 132 cm³/mol. The summed E-state index contributed by atoms with van der Waals surface area (Å²) in [6.45, 7) is 6.79. The van der Waals surface area contributed by atoms with E-state index in [4.69, 9.17) is 19.2 Å². The first-order valence-electron chi connectivity index (χ1n) is 11.7. The number of pyridine rings is 1. The molecule has 1 aliphatic carbocycles. The SMILES string of the molecule is CCNC(=NCc1ccnc(OC2CCCCC2)c1)N1CCOC(C2CCCO2)C1.I. The Morgan fingerprint density at radius 1 is 1.16 bits per heavy atom. The Balaban J connectivity index is 0.00000272. The highest BCUT2D eigenvalue weighted by Crippen LogP contribution is 2.23. The molecular weight excluding hydrogens is 507 g/mol. The summed E-state index contributed by atoms with van der Waals surface area (Å²) >= 11 is 0. The molecular formula is C23H37IN4O3. The van der Waals surface area contributed by atoms with Crippen LogP contribution in [-0.2, 0) is 16.0 Å². The Morgan fingerprint density at radius 2 is 2.00 bits per heavy atom. The number of rotatable bonds is 6. The Hall–Kier alpha value is -1.13. The Morgan fingerprint density at radius 3 is 2.77 bits per heavy atom. The van der Waals surface area contributed by atoms with E-state index in [1.807, 2.05) is 18.3 Å². The number of guanidine groups is 1. The summed E-state index contributed by atoms with van der Waals surface area (Å²) in [5.74, 6) is 1.67. The van der Waals surface area contributed by atoms with Crippen molar-refractivity contribution in [1.82, 2.24) is 15.2 Å². The molecule has 3 fully saturated rings. The van der Waals surface area contributed by atoms with Crippen molar-refractivity contribution in [1.29, 1.82) is 0 Å². The summed E-state index contributed by atoms with van der Waals surface area (Å²) in [5.41, 5.74) is 1.12. The van der Waals surface area contributed by atoms with Gasteiger partial charge in [-0.15, -0.1) is 24.0 Å². The molecule has 3 aliphatic rings. The van der Waals surface area contributed by atoms with Crippen LogP contribution in [0.3, 0.4) is 0 Å². The van der Waals surface area contributed by atoms with E-state index in [0.717, 1.165) is 69.3 Å². The lowest BCUT2D eigenvalue weighted by Gasteiger charge is -2.37. The first-order chi connectivity index (χ1) is 14.8. The van der Waals surface area contributed by atoms with Crippen molar-refractivity contribution in [3.8, 4) is 5.88 Å². The Kier molecular flexibility index (Phi) is 10.1. The average Bonchev–Trinajstić information content (AvgIpc) is 3.33. The van der Waals surface area contributed by atoms with E-state index in [1.54, 1.807) is 0 Å². The van der Waals surface area contributed by atoms with Gasteiger partial charge >= 0.3 is 0 Å². The lowest BCUT2D eigenvalue weighted by molar-refractivity contribution is -0.0817. The van der Waals surface area contributed by atoms with Gasteiger partial charge in [0.25, 0.3) is 0 Å². The van der Waals surface area contributed by atoms with Gasteiger partial charge in [-0.25, -0.2) is 9.98 Å². The maximum Gasteiger partial charge on any atom is 0.213 e. The van der Waals surface area contributed by atoms with Gasteiger partial charge in [0, 0.05) is 38.5 Å². The molecule has 1 saturated carbocycles. The molecule has 7 nitrogen and oxygen atoms in total. The van der Waals surface area contributed by atoms with Crippen molar-refractivity contribution in [2.75, 3.05) is 32.8 Å². The summed E-state index contributed by atoms with van der Waals surface area (Å²) < 4.78 is 18.0. The largest absolute Gasteiger partial charge is 0.474 e. The molecule has 2 aliphatic heterocycles. The second-order valence-electron chi connectivity index (χ2n) is 8.46. The Labute approximate surface area is 203 Å². The molecule has 2 atom stereocenters. The van der Waals surface area contributed by atoms with E-state index in [2.05, 4.69) is 22.1 Å². The third-order valence-corrected chi connectivity index (χ3v) is 6.16. The fraction of sp³-hybridized carbons (Fsp3) is 0.739. The number of ether oxygens (including phenoxy) is 3. The molecule has 31 heavy (non-hydrogen) atoms. The van der Waals surface area contributed by atoms with Crippen LogP contribution in [-0.4, -0.2) is 67.0 Å². The van der Waals surface area contributed by atoms with Crippen molar-refractivity contribution < 1.29 is 14.2 Å². The minimum Gasteiger partial charge on any atom is -0.474 e. The molecule has 0 amide bonds. The van der Waals surface area contributed by atoms with Crippen LogP contribution < -0.4 is 10.1 Å². The quantitative estimate of drug-likeness (QED) is 0.334. The predicted octanol–water partition coefficient (Wildman–Crippen LogP) is 3.76. The third-order valence-electron chi connectivity index (χ3n) is 6.16. The van der Waals surface area contributed by atoms with Gasteiger partial charge in [0.15, 0.2) is 5.96 Å². The molecule has 0 aromatic carbocycles. The zero-order chi connectivity index (χ0) is 20.6. The minimum atomic E-state index is 0. The molecule has 3 heterocycles. The molecule has 1 N–H and O–H groups in total. The Bertz CT molecular complexity index is 693. The van der Waals surface area contributed by atoms with Crippen LogP contribution in [0.5, 0.6) is 5.88 Å². The maximum absolute atomic E-state index is 6.12. The average molecular weight is 544 g/mol. The van der Waals surface area contributed by atoms with Gasteiger partial charge < -0.3 is 24.4 Å². The second-order valence-corrected chi connectivity index (χ2v) is 8.46. The highest BCUT2D eigenvalue weighted by atomic mass is 127. The van der Waals surface area contributed by atoms with Crippen LogP contribution >= 0.6 is 24.0 Å². The van der Waals surface area contributed by atoms with Gasteiger partial charge in [-0.3, -0.25) is 0 Å². The smallest absolute Gasteiger partial charge is 0.213 e. The zero-order valence-corrected chi connectivity index (χ0v) is 21.0. The maximum atomic E-state index is 6.12. The van der Waals surface area contributed by atoms with Crippen molar-refractivity contribution in [3.05, 3.63) is 23.9 Å². The summed E-state index contributed by atoms with van der Waals surface area (Å²) in [6, 6.07) is 4.06. The van der Waals surface area contributed by atoms with Gasteiger partial charge in [0.05, 0.1) is 19.3 Å². The van der Waals surface area contributed by atoms with Gasteiger partial charge in [-0.1, -0.05) is 6.42 Å².